The zero-order chi connectivity index (χ0) is 40.6. The molecule has 0 N–H and O–H groups in total. The summed E-state index contributed by atoms with van der Waals surface area (Å²) < 4.78 is 24.2. The molecule has 2 fully saturated rings. The Bertz CT molecular complexity index is 2100. The van der Waals surface area contributed by atoms with Crippen molar-refractivity contribution < 1.29 is 28.5 Å². The topological polar surface area (TPSA) is 114 Å². The van der Waals surface area contributed by atoms with Crippen LogP contribution in [0.15, 0.2) is 67.0 Å². The van der Waals surface area contributed by atoms with Gasteiger partial charge in [0.25, 0.3) is 0 Å². The van der Waals surface area contributed by atoms with Crippen LogP contribution in [-0.2, 0) is 18.0 Å². The van der Waals surface area contributed by atoms with E-state index in [1.54, 1.807) is 18.3 Å². The standard InChI is InChI=1S/C46H53ClN4O6/c1-32-36(30-56-43-24-42(37(28-52)23-40(43)47)55-29-35-22-34(25-48)26-49-27-35)10-6-11-38(32)39-12-7-13-41(33(39)2)54-21-9-17-50-19-15-46(16-20-50)14-8-18-51(31-46)44(53)57-45(3,4)5/h6-7,10-13,22-24,26-28H,8-9,14-21,29-31H2,1-5H3. The molecule has 0 aliphatic carbocycles. The summed E-state index contributed by atoms with van der Waals surface area (Å²) >= 11 is 6.55. The Morgan fingerprint density at radius 3 is 2.39 bits per heavy atom. The van der Waals surface area contributed by atoms with Gasteiger partial charge < -0.3 is 28.7 Å². The first-order valence-electron chi connectivity index (χ1n) is 19.8. The van der Waals surface area contributed by atoms with Gasteiger partial charge in [0.1, 0.15) is 42.1 Å². The minimum absolute atomic E-state index is 0.117. The number of nitriles is 1. The maximum absolute atomic E-state index is 12.8. The Hall–Kier alpha value is -5.11. The summed E-state index contributed by atoms with van der Waals surface area (Å²) in [5.74, 6) is 1.59. The normalized spacial score (nSPS) is 15.5. The Morgan fingerprint density at radius 1 is 0.912 bits per heavy atom. The average Bonchev–Trinajstić information content (AvgIpc) is 3.19. The highest BCUT2D eigenvalue weighted by Gasteiger charge is 2.40. The molecule has 11 heteroatoms. The third-order valence-electron chi connectivity index (χ3n) is 11.0. The number of carbonyl (C=O) groups excluding carboxylic acids is 2. The Kier molecular flexibility index (Phi) is 13.4. The van der Waals surface area contributed by atoms with Crippen LogP contribution in [-0.4, -0.2) is 72.1 Å². The van der Waals surface area contributed by atoms with E-state index in [1.807, 2.05) is 49.9 Å². The fourth-order valence-corrected chi connectivity index (χ4v) is 8.06. The number of rotatable bonds is 13. The number of benzene rings is 3. The zero-order valence-corrected chi connectivity index (χ0v) is 34.5. The van der Waals surface area contributed by atoms with Gasteiger partial charge in [-0.15, -0.1) is 0 Å². The summed E-state index contributed by atoms with van der Waals surface area (Å²) in [6, 6.07) is 19.3. The van der Waals surface area contributed by atoms with Gasteiger partial charge in [-0.3, -0.25) is 9.78 Å². The highest BCUT2D eigenvalue weighted by atomic mass is 35.5. The number of hydrogen-bond acceptors (Lipinski definition) is 9. The summed E-state index contributed by atoms with van der Waals surface area (Å²) in [7, 11) is 0. The SMILES string of the molecule is Cc1c(COc2cc(OCc3cncc(C#N)c3)c(C=O)cc2Cl)cccc1-c1cccc(OCCCN2CCC3(CCCN(C(=O)OC(C)(C)C)C3)CC2)c1C. The van der Waals surface area contributed by atoms with Crippen molar-refractivity contribution in [3.63, 3.8) is 0 Å². The van der Waals surface area contributed by atoms with E-state index in [-0.39, 0.29) is 24.7 Å². The molecule has 3 heterocycles. The van der Waals surface area contributed by atoms with Crippen LogP contribution >= 0.6 is 11.6 Å². The molecule has 1 aromatic heterocycles. The quantitative estimate of drug-likeness (QED) is 0.0964. The molecular weight excluding hydrogens is 740 g/mol. The molecule has 0 atom stereocenters. The molecular formula is C46H53ClN4O6. The van der Waals surface area contributed by atoms with Crippen molar-refractivity contribution in [2.24, 2.45) is 5.41 Å². The van der Waals surface area contributed by atoms with Crippen LogP contribution in [0.5, 0.6) is 17.2 Å². The zero-order valence-electron chi connectivity index (χ0n) is 33.7. The van der Waals surface area contributed by atoms with E-state index in [0.29, 0.717) is 46.1 Å². The molecule has 10 nitrogen and oxygen atoms in total. The van der Waals surface area contributed by atoms with Gasteiger partial charge in [-0.25, -0.2) is 4.79 Å². The summed E-state index contributed by atoms with van der Waals surface area (Å²) in [6.07, 6.45) is 8.95. The maximum Gasteiger partial charge on any atom is 0.410 e. The molecule has 1 spiro atoms. The van der Waals surface area contributed by atoms with Gasteiger partial charge in [0, 0.05) is 43.7 Å². The van der Waals surface area contributed by atoms with Gasteiger partial charge in [0.15, 0.2) is 6.29 Å². The third kappa shape index (κ3) is 10.6. The van der Waals surface area contributed by atoms with Crippen molar-refractivity contribution in [3.05, 3.63) is 105 Å². The molecule has 2 aliphatic rings. The smallest absolute Gasteiger partial charge is 0.410 e. The van der Waals surface area contributed by atoms with Gasteiger partial charge in [0.05, 0.1) is 22.8 Å². The number of carbonyl (C=O) groups is 2. The molecule has 300 valence electrons. The summed E-state index contributed by atoms with van der Waals surface area (Å²) in [4.78, 5) is 33.1. The second kappa shape index (κ2) is 18.4. The van der Waals surface area contributed by atoms with Crippen LogP contribution in [0.2, 0.25) is 5.02 Å². The number of hydrogen-bond donors (Lipinski definition) is 0. The number of amides is 1. The lowest BCUT2D eigenvalue weighted by Gasteiger charge is -2.47. The number of halogens is 1. The molecule has 0 saturated carbocycles. The lowest BCUT2D eigenvalue weighted by Crippen LogP contribution is -2.52. The highest BCUT2D eigenvalue weighted by Crippen LogP contribution is 2.41. The van der Waals surface area contributed by atoms with Crippen LogP contribution < -0.4 is 14.2 Å². The third-order valence-corrected chi connectivity index (χ3v) is 11.3. The van der Waals surface area contributed by atoms with Gasteiger partial charge >= 0.3 is 6.09 Å². The minimum Gasteiger partial charge on any atom is -0.493 e. The monoisotopic (exact) mass is 792 g/mol. The van der Waals surface area contributed by atoms with E-state index >= 15 is 0 Å². The lowest BCUT2D eigenvalue weighted by atomic mass is 9.72. The minimum atomic E-state index is -0.478. The second-order valence-electron chi connectivity index (χ2n) is 16.3. The predicted octanol–water partition coefficient (Wildman–Crippen LogP) is 9.74. The van der Waals surface area contributed by atoms with Gasteiger partial charge in [0.2, 0.25) is 0 Å². The van der Waals surface area contributed by atoms with Crippen LogP contribution in [0.4, 0.5) is 4.79 Å². The first-order valence-corrected chi connectivity index (χ1v) is 20.1. The van der Waals surface area contributed by atoms with E-state index in [9.17, 15) is 14.9 Å². The number of ether oxygens (including phenoxy) is 4. The van der Waals surface area contributed by atoms with Crippen LogP contribution in [0.25, 0.3) is 11.1 Å². The summed E-state index contributed by atoms with van der Waals surface area (Å²) in [5.41, 5.74) is 6.47. The maximum atomic E-state index is 12.8. The van der Waals surface area contributed by atoms with Crippen molar-refractivity contribution in [1.82, 2.24) is 14.8 Å². The van der Waals surface area contributed by atoms with Crippen molar-refractivity contribution in [1.29, 1.82) is 5.26 Å². The molecule has 0 radical (unpaired) electrons. The van der Waals surface area contributed by atoms with Crippen molar-refractivity contribution in [2.45, 2.75) is 85.5 Å². The van der Waals surface area contributed by atoms with E-state index in [0.717, 1.165) is 92.0 Å². The number of nitrogens with zero attached hydrogens (tertiary/aromatic N) is 4. The second-order valence-corrected chi connectivity index (χ2v) is 16.7. The van der Waals surface area contributed by atoms with E-state index in [2.05, 4.69) is 41.9 Å². The number of likely N-dealkylation sites (tertiary alicyclic amines) is 2. The fourth-order valence-electron chi connectivity index (χ4n) is 7.84. The number of aldehydes is 1. The van der Waals surface area contributed by atoms with E-state index < -0.39 is 5.60 Å². The van der Waals surface area contributed by atoms with Gasteiger partial charge in [-0.2, -0.15) is 5.26 Å². The van der Waals surface area contributed by atoms with Crippen molar-refractivity contribution in [3.8, 4) is 34.4 Å². The highest BCUT2D eigenvalue weighted by molar-refractivity contribution is 6.32. The molecule has 0 bridgehead atoms. The van der Waals surface area contributed by atoms with Crippen LogP contribution in [0.1, 0.15) is 91.1 Å². The van der Waals surface area contributed by atoms with E-state index in [4.69, 9.17) is 30.5 Å². The molecule has 2 aliphatic heterocycles. The van der Waals surface area contributed by atoms with Gasteiger partial charge in [-0.1, -0.05) is 41.9 Å². The Labute approximate surface area is 341 Å². The molecule has 2 saturated heterocycles. The molecule has 0 unspecified atom stereocenters. The average molecular weight is 793 g/mol. The first-order chi connectivity index (χ1) is 27.4. The largest absolute Gasteiger partial charge is 0.493 e. The first kappa shape index (κ1) is 41.5. The summed E-state index contributed by atoms with van der Waals surface area (Å²) in [5, 5.41) is 9.49. The fraction of sp³-hybridized carbons (Fsp3) is 0.435. The number of pyridine rings is 1. The predicted molar refractivity (Wildman–Crippen MR) is 221 cm³/mol. The lowest BCUT2D eigenvalue weighted by molar-refractivity contribution is -0.0117. The van der Waals surface area contributed by atoms with E-state index in [1.165, 1.54) is 18.7 Å². The Morgan fingerprint density at radius 2 is 1.65 bits per heavy atom. The van der Waals surface area contributed by atoms with Crippen LogP contribution in [0, 0.1) is 30.6 Å². The van der Waals surface area contributed by atoms with Gasteiger partial charge in [-0.05, 0) is 131 Å². The van der Waals surface area contributed by atoms with Crippen LogP contribution in [0.3, 0.4) is 0 Å². The molecule has 4 aromatic rings. The molecule has 57 heavy (non-hydrogen) atoms. The Balaban J connectivity index is 1.02. The van der Waals surface area contributed by atoms with Crippen molar-refractivity contribution >= 4 is 24.0 Å². The van der Waals surface area contributed by atoms with Crippen molar-refractivity contribution in [2.75, 3.05) is 39.3 Å². The molecule has 1 amide bonds. The molecule has 6 rings (SSSR count). The number of aromatic nitrogens is 1. The summed E-state index contributed by atoms with van der Waals surface area (Å²) in [6.45, 7) is 15.6. The number of piperidine rings is 2. The molecule has 3 aromatic carbocycles.